The monoisotopic (exact) mass is 209 g/mol. The Labute approximate surface area is 83.3 Å². The molecular weight excluding hydrogens is 191 g/mol. The standard InChI is InChI=1S/C10H18F3N/c1-4-9(3)6-14(5-8(9)2)7-10(11,12)13/h8H,4-7H2,1-3H3. The van der Waals surface area contributed by atoms with Gasteiger partial charge in [-0.05, 0) is 17.8 Å². The van der Waals surface area contributed by atoms with Gasteiger partial charge in [0.25, 0.3) is 0 Å². The summed E-state index contributed by atoms with van der Waals surface area (Å²) in [7, 11) is 0. The van der Waals surface area contributed by atoms with Crippen molar-refractivity contribution in [1.29, 1.82) is 0 Å². The van der Waals surface area contributed by atoms with Crippen molar-refractivity contribution >= 4 is 0 Å². The molecule has 0 aliphatic carbocycles. The van der Waals surface area contributed by atoms with Gasteiger partial charge < -0.3 is 0 Å². The van der Waals surface area contributed by atoms with Crippen LogP contribution in [-0.4, -0.2) is 30.7 Å². The van der Waals surface area contributed by atoms with Crippen molar-refractivity contribution < 1.29 is 13.2 Å². The average molecular weight is 209 g/mol. The zero-order chi connectivity index (χ0) is 11.0. The zero-order valence-corrected chi connectivity index (χ0v) is 8.99. The molecule has 4 heteroatoms. The van der Waals surface area contributed by atoms with Crippen LogP contribution in [0.1, 0.15) is 27.2 Å². The number of alkyl halides is 3. The van der Waals surface area contributed by atoms with E-state index < -0.39 is 12.7 Å². The first kappa shape index (κ1) is 11.8. The van der Waals surface area contributed by atoms with E-state index >= 15 is 0 Å². The Kier molecular flexibility index (Phi) is 3.14. The molecule has 0 radical (unpaired) electrons. The molecule has 84 valence electrons. The normalized spacial score (nSPS) is 35.1. The van der Waals surface area contributed by atoms with Gasteiger partial charge in [-0.15, -0.1) is 0 Å². The molecule has 1 aliphatic heterocycles. The molecule has 0 spiro atoms. The molecular formula is C10H18F3N. The largest absolute Gasteiger partial charge is 0.401 e. The van der Waals surface area contributed by atoms with Crippen molar-refractivity contribution in [3.63, 3.8) is 0 Å². The van der Waals surface area contributed by atoms with E-state index in [1.807, 2.05) is 13.8 Å². The molecule has 14 heavy (non-hydrogen) atoms. The number of nitrogens with zero attached hydrogens (tertiary/aromatic N) is 1. The van der Waals surface area contributed by atoms with Crippen LogP contribution in [0.3, 0.4) is 0 Å². The Morgan fingerprint density at radius 1 is 1.43 bits per heavy atom. The van der Waals surface area contributed by atoms with Crippen LogP contribution in [0.4, 0.5) is 13.2 Å². The Balaban J connectivity index is 2.55. The van der Waals surface area contributed by atoms with Gasteiger partial charge in [0.15, 0.2) is 0 Å². The fourth-order valence-corrected chi connectivity index (χ4v) is 2.17. The number of rotatable bonds is 2. The smallest absolute Gasteiger partial charge is 0.294 e. The highest BCUT2D eigenvalue weighted by Gasteiger charge is 2.42. The summed E-state index contributed by atoms with van der Waals surface area (Å²) in [5.74, 6) is 0.356. The summed E-state index contributed by atoms with van der Waals surface area (Å²) in [6, 6.07) is 0. The van der Waals surface area contributed by atoms with Crippen LogP contribution >= 0.6 is 0 Å². The van der Waals surface area contributed by atoms with Crippen LogP contribution in [0.25, 0.3) is 0 Å². The van der Waals surface area contributed by atoms with Crippen molar-refractivity contribution in [2.24, 2.45) is 11.3 Å². The average Bonchev–Trinajstić information content (AvgIpc) is 2.25. The Morgan fingerprint density at radius 3 is 2.36 bits per heavy atom. The van der Waals surface area contributed by atoms with E-state index in [1.54, 1.807) is 0 Å². The maximum Gasteiger partial charge on any atom is 0.401 e. The summed E-state index contributed by atoms with van der Waals surface area (Å²) in [5.41, 5.74) is 0.0608. The highest BCUT2D eigenvalue weighted by atomic mass is 19.4. The first-order chi connectivity index (χ1) is 6.27. The van der Waals surface area contributed by atoms with Gasteiger partial charge in [0.1, 0.15) is 0 Å². The molecule has 1 heterocycles. The first-order valence-electron chi connectivity index (χ1n) is 5.06. The van der Waals surface area contributed by atoms with E-state index in [4.69, 9.17) is 0 Å². The van der Waals surface area contributed by atoms with Gasteiger partial charge in [0, 0.05) is 13.1 Å². The summed E-state index contributed by atoms with van der Waals surface area (Å²) in [4.78, 5) is 1.52. The van der Waals surface area contributed by atoms with Gasteiger partial charge in [0.2, 0.25) is 0 Å². The number of hydrogen-bond acceptors (Lipinski definition) is 1. The highest BCUT2D eigenvalue weighted by molar-refractivity contribution is 4.91. The lowest BCUT2D eigenvalue weighted by molar-refractivity contribution is -0.144. The minimum absolute atomic E-state index is 0.0608. The molecule has 0 saturated carbocycles. The summed E-state index contributed by atoms with van der Waals surface area (Å²) in [6.07, 6.45) is -3.11. The molecule has 1 rings (SSSR count). The quantitative estimate of drug-likeness (QED) is 0.676. The lowest BCUT2D eigenvalue weighted by Gasteiger charge is -2.26. The van der Waals surface area contributed by atoms with Gasteiger partial charge in [-0.2, -0.15) is 13.2 Å². The van der Waals surface area contributed by atoms with Crippen molar-refractivity contribution in [3.05, 3.63) is 0 Å². The maximum atomic E-state index is 12.1. The van der Waals surface area contributed by atoms with Gasteiger partial charge in [0.05, 0.1) is 6.54 Å². The molecule has 1 fully saturated rings. The van der Waals surface area contributed by atoms with E-state index in [1.165, 1.54) is 4.90 Å². The fourth-order valence-electron chi connectivity index (χ4n) is 2.17. The van der Waals surface area contributed by atoms with Crippen molar-refractivity contribution in [3.8, 4) is 0 Å². The Bertz CT molecular complexity index is 202. The van der Waals surface area contributed by atoms with Crippen LogP contribution in [-0.2, 0) is 0 Å². The van der Waals surface area contributed by atoms with Crippen LogP contribution in [0.2, 0.25) is 0 Å². The minimum atomic E-state index is -4.06. The molecule has 0 aromatic rings. The van der Waals surface area contributed by atoms with E-state index in [0.29, 0.717) is 19.0 Å². The molecule has 1 saturated heterocycles. The first-order valence-corrected chi connectivity index (χ1v) is 5.06. The second-order valence-electron chi connectivity index (χ2n) is 4.69. The van der Waals surface area contributed by atoms with Crippen LogP contribution < -0.4 is 0 Å². The Morgan fingerprint density at radius 2 is 2.00 bits per heavy atom. The van der Waals surface area contributed by atoms with Crippen molar-refractivity contribution in [2.75, 3.05) is 19.6 Å². The predicted octanol–water partition coefficient (Wildman–Crippen LogP) is 2.92. The van der Waals surface area contributed by atoms with E-state index in [9.17, 15) is 13.2 Å². The third-order valence-electron chi connectivity index (χ3n) is 3.52. The number of likely N-dealkylation sites (tertiary alicyclic amines) is 1. The van der Waals surface area contributed by atoms with Crippen LogP contribution in [0.15, 0.2) is 0 Å². The Hall–Kier alpha value is -0.250. The zero-order valence-electron chi connectivity index (χ0n) is 8.99. The lowest BCUT2D eigenvalue weighted by atomic mass is 9.79. The van der Waals surface area contributed by atoms with Crippen LogP contribution in [0.5, 0.6) is 0 Å². The third-order valence-corrected chi connectivity index (χ3v) is 3.52. The predicted molar refractivity (Wildman–Crippen MR) is 50.1 cm³/mol. The summed E-state index contributed by atoms with van der Waals surface area (Å²) in [5, 5.41) is 0. The fraction of sp³-hybridized carbons (Fsp3) is 1.00. The van der Waals surface area contributed by atoms with E-state index in [2.05, 4.69) is 6.92 Å². The molecule has 2 atom stereocenters. The van der Waals surface area contributed by atoms with E-state index in [0.717, 1.165) is 6.42 Å². The topological polar surface area (TPSA) is 3.24 Å². The van der Waals surface area contributed by atoms with Gasteiger partial charge in [-0.3, -0.25) is 4.90 Å². The summed E-state index contributed by atoms with van der Waals surface area (Å²) < 4.78 is 36.4. The number of hydrogen-bond donors (Lipinski definition) is 0. The molecule has 1 aliphatic rings. The third kappa shape index (κ3) is 2.62. The molecule has 2 unspecified atom stereocenters. The maximum absolute atomic E-state index is 12.1. The highest BCUT2D eigenvalue weighted by Crippen LogP contribution is 2.39. The SMILES string of the molecule is CCC1(C)CN(CC(F)(F)F)CC1C. The molecule has 0 aromatic carbocycles. The van der Waals surface area contributed by atoms with Crippen molar-refractivity contribution in [2.45, 2.75) is 33.4 Å². The second kappa shape index (κ2) is 3.72. The lowest BCUT2D eigenvalue weighted by Crippen LogP contribution is -2.33. The van der Waals surface area contributed by atoms with Gasteiger partial charge >= 0.3 is 6.18 Å². The molecule has 0 N–H and O–H groups in total. The minimum Gasteiger partial charge on any atom is -0.294 e. The van der Waals surface area contributed by atoms with Gasteiger partial charge in [-0.1, -0.05) is 20.8 Å². The molecule has 0 bridgehead atoms. The summed E-state index contributed by atoms with van der Waals surface area (Å²) >= 11 is 0. The molecule has 0 aromatic heterocycles. The van der Waals surface area contributed by atoms with E-state index in [-0.39, 0.29) is 5.41 Å². The van der Waals surface area contributed by atoms with Gasteiger partial charge in [-0.25, -0.2) is 0 Å². The van der Waals surface area contributed by atoms with Crippen LogP contribution in [0, 0.1) is 11.3 Å². The van der Waals surface area contributed by atoms with Crippen molar-refractivity contribution in [1.82, 2.24) is 4.90 Å². The molecule has 1 nitrogen and oxygen atoms in total. The molecule has 0 amide bonds. The number of halogens is 3. The summed E-state index contributed by atoms with van der Waals surface area (Å²) in [6.45, 7) is 6.56. The second-order valence-corrected chi connectivity index (χ2v) is 4.69.